The number of hydrogen-bond donors (Lipinski definition) is 1. The molecule has 0 aliphatic heterocycles. The van der Waals surface area contributed by atoms with Crippen molar-refractivity contribution in [1.82, 2.24) is 10.2 Å². The third kappa shape index (κ3) is 10.2. The molecule has 92 valence electrons. The Bertz CT molecular complexity index is 120. The largest absolute Gasteiger partial charge is 0.317 e. The summed E-state index contributed by atoms with van der Waals surface area (Å²) in [6.07, 6.45) is 3.95. The van der Waals surface area contributed by atoms with E-state index in [0.29, 0.717) is 0 Å². The molecule has 1 N–H and O–H groups in total. The van der Waals surface area contributed by atoms with Gasteiger partial charge < -0.3 is 10.2 Å². The SMILES string of the molecule is CCN(CC)CCCCNCCC(C)C. The molecule has 0 rings (SSSR count). The highest BCUT2D eigenvalue weighted by molar-refractivity contribution is 4.55. The standard InChI is InChI=1S/C13H30N2/c1-5-15(6-2)12-8-7-10-14-11-9-13(3)4/h13-14H,5-12H2,1-4H3. The second-order valence-electron chi connectivity index (χ2n) is 4.67. The van der Waals surface area contributed by atoms with Crippen molar-refractivity contribution >= 4 is 0 Å². The van der Waals surface area contributed by atoms with E-state index in [1.54, 1.807) is 0 Å². The fourth-order valence-electron chi connectivity index (χ4n) is 1.64. The van der Waals surface area contributed by atoms with Crippen LogP contribution in [0.15, 0.2) is 0 Å². The van der Waals surface area contributed by atoms with Crippen LogP contribution >= 0.6 is 0 Å². The van der Waals surface area contributed by atoms with Gasteiger partial charge in [0.25, 0.3) is 0 Å². The molecule has 2 heteroatoms. The van der Waals surface area contributed by atoms with E-state index in [9.17, 15) is 0 Å². The van der Waals surface area contributed by atoms with Crippen LogP contribution in [-0.4, -0.2) is 37.6 Å². The minimum atomic E-state index is 0.827. The van der Waals surface area contributed by atoms with E-state index >= 15 is 0 Å². The Morgan fingerprint density at radius 3 is 2.20 bits per heavy atom. The monoisotopic (exact) mass is 214 g/mol. The Labute approximate surface area is 96.4 Å². The van der Waals surface area contributed by atoms with Gasteiger partial charge in [-0.15, -0.1) is 0 Å². The molecule has 0 spiro atoms. The van der Waals surface area contributed by atoms with Crippen LogP contribution in [0.25, 0.3) is 0 Å². The summed E-state index contributed by atoms with van der Waals surface area (Å²) in [5.74, 6) is 0.827. The van der Waals surface area contributed by atoms with Crippen LogP contribution in [0.4, 0.5) is 0 Å². The lowest BCUT2D eigenvalue weighted by Gasteiger charge is -2.17. The van der Waals surface area contributed by atoms with Gasteiger partial charge in [-0.3, -0.25) is 0 Å². The first-order chi connectivity index (χ1) is 7.20. The van der Waals surface area contributed by atoms with Crippen LogP contribution in [-0.2, 0) is 0 Å². The summed E-state index contributed by atoms with van der Waals surface area (Å²) < 4.78 is 0. The highest BCUT2D eigenvalue weighted by Gasteiger charge is 1.98. The zero-order valence-electron chi connectivity index (χ0n) is 11.2. The Balaban J connectivity index is 3.10. The van der Waals surface area contributed by atoms with Crippen LogP contribution in [0.2, 0.25) is 0 Å². The lowest BCUT2D eigenvalue weighted by Crippen LogP contribution is -2.25. The van der Waals surface area contributed by atoms with Gasteiger partial charge in [-0.25, -0.2) is 0 Å². The summed E-state index contributed by atoms with van der Waals surface area (Å²) in [4.78, 5) is 2.49. The Morgan fingerprint density at radius 2 is 1.67 bits per heavy atom. The van der Waals surface area contributed by atoms with Gasteiger partial charge in [0.15, 0.2) is 0 Å². The van der Waals surface area contributed by atoms with Crippen molar-refractivity contribution in [2.24, 2.45) is 5.92 Å². The summed E-state index contributed by atoms with van der Waals surface area (Å²) in [6, 6.07) is 0. The molecule has 0 radical (unpaired) electrons. The Kier molecular flexibility index (Phi) is 10.4. The Morgan fingerprint density at radius 1 is 1.00 bits per heavy atom. The van der Waals surface area contributed by atoms with Crippen molar-refractivity contribution < 1.29 is 0 Å². The van der Waals surface area contributed by atoms with E-state index in [0.717, 1.165) is 5.92 Å². The average molecular weight is 214 g/mol. The number of hydrogen-bond acceptors (Lipinski definition) is 2. The van der Waals surface area contributed by atoms with Crippen LogP contribution in [0.5, 0.6) is 0 Å². The molecule has 0 bridgehead atoms. The van der Waals surface area contributed by atoms with E-state index in [2.05, 4.69) is 37.9 Å². The van der Waals surface area contributed by atoms with Crippen LogP contribution < -0.4 is 5.32 Å². The predicted molar refractivity (Wildman–Crippen MR) is 69.3 cm³/mol. The highest BCUT2D eigenvalue weighted by Crippen LogP contribution is 1.97. The predicted octanol–water partition coefficient (Wildman–Crippen LogP) is 2.74. The molecule has 0 fully saturated rings. The number of unbranched alkanes of at least 4 members (excludes halogenated alkanes) is 1. The van der Waals surface area contributed by atoms with Gasteiger partial charge in [0.05, 0.1) is 0 Å². The molecule has 0 saturated heterocycles. The van der Waals surface area contributed by atoms with Crippen molar-refractivity contribution in [2.45, 2.75) is 47.0 Å². The molecule has 0 saturated carbocycles. The van der Waals surface area contributed by atoms with Crippen LogP contribution in [0, 0.1) is 5.92 Å². The minimum Gasteiger partial charge on any atom is -0.317 e. The maximum absolute atomic E-state index is 3.51. The van der Waals surface area contributed by atoms with Crippen LogP contribution in [0.1, 0.15) is 47.0 Å². The molecule has 15 heavy (non-hydrogen) atoms. The summed E-state index contributed by atoms with van der Waals surface area (Å²) >= 11 is 0. The summed E-state index contributed by atoms with van der Waals surface area (Å²) in [6.45, 7) is 15.1. The minimum absolute atomic E-state index is 0.827. The maximum Gasteiger partial charge on any atom is -0.00185 e. The number of rotatable bonds is 10. The molecule has 2 nitrogen and oxygen atoms in total. The van der Waals surface area contributed by atoms with Crippen LogP contribution in [0.3, 0.4) is 0 Å². The second-order valence-corrected chi connectivity index (χ2v) is 4.67. The normalized spacial score (nSPS) is 11.6. The zero-order valence-corrected chi connectivity index (χ0v) is 11.2. The molecule has 0 aromatic rings. The highest BCUT2D eigenvalue weighted by atomic mass is 15.1. The van der Waals surface area contributed by atoms with Gasteiger partial charge in [0.1, 0.15) is 0 Å². The fraction of sp³-hybridized carbons (Fsp3) is 1.00. The molecule has 0 aliphatic rings. The topological polar surface area (TPSA) is 15.3 Å². The molecule has 0 atom stereocenters. The van der Waals surface area contributed by atoms with E-state index in [1.165, 1.54) is 52.0 Å². The quantitative estimate of drug-likeness (QED) is 0.563. The lowest BCUT2D eigenvalue weighted by atomic mass is 10.1. The molecule has 0 heterocycles. The first kappa shape index (κ1) is 14.9. The van der Waals surface area contributed by atoms with E-state index in [4.69, 9.17) is 0 Å². The van der Waals surface area contributed by atoms with E-state index in [1.807, 2.05) is 0 Å². The zero-order chi connectivity index (χ0) is 11.5. The summed E-state index contributed by atoms with van der Waals surface area (Å²) in [5.41, 5.74) is 0. The molecular formula is C13H30N2. The van der Waals surface area contributed by atoms with Crippen molar-refractivity contribution in [3.8, 4) is 0 Å². The molecule has 0 amide bonds. The maximum atomic E-state index is 3.51. The van der Waals surface area contributed by atoms with Crippen molar-refractivity contribution in [1.29, 1.82) is 0 Å². The van der Waals surface area contributed by atoms with E-state index < -0.39 is 0 Å². The molecule has 0 aromatic carbocycles. The number of nitrogens with one attached hydrogen (secondary N) is 1. The first-order valence-electron chi connectivity index (χ1n) is 6.63. The third-order valence-corrected chi connectivity index (χ3v) is 2.87. The smallest absolute Gasteiger partial charge is 0.00185 e. The van der Waals surface area contributed by atoms with Gasteiger partial charge in [-0.2, -0.15) is 0 Å². The molecule has 0 aliphatic carbocycles. The lowest BCUT2D eigenvalue weighted by molar-refractivity contribution is 0.296. The second kappa shape index (κ2) is 10.4. The first-order valence-corrected chi connectivity index (χ1v) is 6.63. The molecule has 0 aromatic heterocycles. The third-order valence-electron chi connectivity index (χ3n) is 2.87. The Hall–Kier alpha value is -0.0800. The number of nitrogens with zero attached hydrogens (tertiary/aromatic N) is 1. The fourth-order valence-corrected chi connectivity index (χ4v) is 1.64. The molecule has 0 unspecified atom stereocenters. The van der Waals surface area contributed by atoms with E-state index in [-0.39, 0.29) is 0 Å². The van der Waals surface area contributed by atoms with Crippen molar-refractivity contribution in [3.63, 3.8) is 0 Å². The summed E-state index contributed by atoms with van der Waals surface area (Å²) in [5, 5.41) is 3.51. The van der Waals surface area contributed by atoms with Gasteiger partial charge in [-0.1, -0.05) is 27.7 Å². The average Bonchev–Trinajstić information content (AvgIpc) is 2.22. The molecular weight excluding hydrogens is 184 g/mol. The van der Waals surface area contributed by atoms with Gasteiger partial charge in [-0.05, 0) is 57.9 Å². The van der Waals surface area contributed by atoms with Gasteiger partial charge >= 0.3 is 0 Å². The van der Waals surface area contributed by atoms with Crippen molar-refractivity contribution in [3.05, 3.63) is 0 Å². The summed E-state index contributed by atoms with van der Waals surface area (Å²) in [7, 11) is 0. The van der Waals surface area contributed by atoms with Gasteiger partial charge in [0, 0.05) is 0 Å². The van der Waals surface area contributed by atoms with Gasteiger partial charge in [0.2, 0.25) is 0 Å². The van der Waals surface area contributed by atoms with Crippen molar-refractivity contribution in [2.75, 3.05) is 32.7 Å².